The van der Waals surface area contributed by atoms with Crippen LogP contribution in [0.5, 0.6) is 0 Å². The first-order valence-corrected chi connectivity index (χ1v) is 6.64. The molecule has 0 unspecified atom stereocenters. The van der Waals surface area contributed by atoms with Crippen molar-refractivity contribution < 1.29 is 0 Å². The van der Waals surface area contributed by atoms with Crippen molar-refractivity contribution >= 4 is 39.1 Å². The number of hydrogen-bond acceptors (Lipinski definition) is 3. The molecule has 19 heavy (non-hydrogen) atoms. The van der Waals surface area contributed by atoms with Crippen molar-refractivity contribution in [2.45, 2.75) is 6.92 Å². The Morgan fingerprint density at radius 1 is 1.05 bits per heavy atom. The van der Waals surface area contributed by atoms with Gasteiger partial charge in [-0.1, -0.05) is 30.3 Å². The molecule has 0 bridgehead atoms. The summed E-state index contributed by atoms with van der Waals surface area (Å²) in [7, 11) is 2.01. The van der Waals surface area contributed by atoms with E-state index in [0.29, 0.717) is 5.28 Å². The van der Waals surface area contributed by atoms with E-state index in [1.807, 2.05) is 19.2 Å². The van der Waals surface area contributed by atoms with Crippen LogP contribution in [0.25, 0.3) is 21.7 Å². The van der Waals surface area contributed by atoms with Gasteiger partial charge in [0, 0.05) is 24.4 Å². The maximum Gasteiger partial charge on any atom is 0.224 e. The molecule has 0 radical (unpaired) electrons. The van der Waals surface area contributed by atoms with E-state index in [-0.39, 0.29) is 0 Å². The minimum Gasteiger partial charge on any atom is -0.359 e. The van der Waals surface area contributed by atoms with Crippen molar-refractivity contribution in [1.82, 2.24) is 9.97 Å². The highest BCUT2D eigenvalue weighted by molar-refractivity contribution is 6.29. The molecule has 2 aromatic carbocycles. The third-order valence-electron chi connectivity index (χ3n) is 3.38. The maximum absolute atomic E-state index is 6.08. The highest BCUT2D eigenvalue weighted by atomic mass is 35.5. The van der Waals surface area contributed by atoms with E-state index in [4.69, 9.17) is 11.6 Å². The van der Waals surface area contributed by atoms with Gasteiger partial charge in [-0.2, -0.15) is 4.98 Å². The fourth-order valence-electron chi connectivity index (χ4n) is 2.26. The van der Waals surface area contributed by atoms with Gasteiger partial charge in [-0.05, 0) is 30.0 Å². The van der Waals surface area contributed by atoms with Crippen LogP contribution in [0.3, 0.4) is 0 Å². The Hall–Kier alpha value is -1.87. The molecule has 3 rings (SSSR count). The van der Waals surface area contributed by atoms with Crippen molar-refractivity contribution in [1.29, 1.82) is 0 Å². The van der Waals surface area contributed by atoms with Crippen molar-refractivity contribution in [2.24, 2.45) is 0 Å². The summed E-state index contributed by atoms with van der Waals surface area (Å²) in [5.41, 5.74) is 0.911. The van der Waals surface area contributed by atoms with Crippen LogP contribution in [0.2, 0.25) is 5.28 Å². The summed E-state index contributed by atoms with van der Waals surface area (Å²) >= 11 is 6.08. The molecule has 0 amide bonds. The lowest BCUT2D eigenvalue weighted by atomic mass is 10.1. The van der Waals surface area contributed by atoms with E-state index in [1.165, 1.54) is 0 Å². The SMILES string of the molecule is CCN(C)c1nc(Cl)nc2c1ccc1ccccc12. The second-order valence-electron chi connectivity index (χ2n) is 4.51. The predicted octanol–water partition coefficient (Wildman–Crippen LogP) is 3.89. The molecule has 1 heterocycles. The minimum absolute atomic E-state index is 0.291. The van der Waals surface area contributed by atoms with Gasteiger partial charge in [0.25, 0.3) is 0 Å². The molecule has 0 fully saturated rings. The molecule has 0 saturated heterocycles. The lowest BCUT2D eigenvalue weighted by Crippen LogP contribution is -2.18. The molecule has 0 spiro atoms. The minimum atomic E-state index is 0.291. The molecule has 0 aliphatic carbocycles. The topological polar surface area (TPSA) is 29.0 Å². The fraction of sp³-hybridized carbons (Fsp3) is 0.200. The predicted molar refractivity (Wildman–Crippen MR) is 81.0 cm³/mol. The summed E-state index contributed by atoms with van der Waals surface area (Å²) in [6, 6.07) is 12.3. The molecular weight excluding hydrogens is 258 g/mol. The first-order valence-electron chi connectivity index (χ1n) is 6.27. The van der Waals surface area contributed by atoms with Crippen LogP contribution in [0, 0.1) is 0 Å². The third-order valence-corrected chi connectivity index (χ3v) is 3.55. The van der Waals surface area contributed by atoms with Gasteiger partial charge < -0.3 is 4.90 Å². The Morgan fingerprint density at radius 2 is 1.84 bits per heavy atom. The highest BCUT2D eigenvalue weighted by Crippen LogP contribution is 2.30. The summed E-state index contributed by atoms with van der Waals surface area (Å²) in [6.45, 7) is 2.96. The largest absolute Gasteiger partial charge is 0.359 e. The van der Waals surface area contributed by atoms with Crippen molar-refractivity contribution in [3.05, 3.63) is 41.7 Å². The Morgan fingerprint density at radius 3 is 2.63 bits per heavy atom. The molecule has 1 aromatic heterocycles. The Kier molecular flexibility index (Phi) is 2.99. The zero-order valence-corrected chi connectivity index (χ0v) is 11.6. The summed E-state index contributed by atoms with van der Waals surface area (Å²) in [4.78, 5) is 10.8. The number of nitrogens with zero attached hydrogens (tertiary/aromatic N) is 3. The second-order valence-corrected chi connectivity index (χ2v) is 4.85. The van der Waals surface area contributed by atoms with E-state index in [9.17, 15) is 0 Å². The van der Waals surface area contributed by atoms with Crippen LogP contribution >= 0.6 is 11.6 Å². The Bertz CT molecular complexity index is 755. The molecule has 3 nitrogen and oxygen atoms in total. The number of rotatable bonds is 2. The van der Waals surface area contributed by atoms with Gasteiger partial charge in [0.15, 0.2) is 0 Å². The van der Waals surface area contributed by atoms with E-state index in [1.54, 1.807) is 0 Å². The third kappa shape index (κ3) is 2.00. The molecule has 0 aliphatic heterocycles. The first kappa shape index (κ1) is 12.2. The quantitative estimate of drug-likeness (QED) is 0.523. The van der Waals surface area contributed by atoms with Gasteiger partial charge in [0.1, 0.15) is 5.82 Å². The molecular formula is C15H14ClN3. The van der Waals surface area contributed by atoms with Crippen LogP contribution in [-0.4, -0.2) is 23.6 Å². The summed E-state index contributed by atoms with van der Waals surface area (Å²) in [5.74, 6) is 0.878. The molecule has 0 atom stereocenters. The monoisotopic (exact) mass is 271 g/mol. The maximum atomic E-state index is 6.08. The molecule has 0 N–H and O–H groups in total. The Balaban J connectivity index is 2.44. The van der Waals surface area contributed by atoms with Crippen LogP contribution in [0.1, 0.15) is 6.92 Å². The fourth-order valence-corrected chi connectivity index (χ4v) is 2.43. The number of aromatic nitrogens is 2. The van der Waals surface area contributed by atoms with E-state index >= 15 is 0 Å². The van der Waals surface area contributed by atoms with Gasteiger partial charge in [-0.25, -0.2) is 4.98 Å². The van der Waals surface area contributed by atoms with Crippen LogP contribution in [0.15, 0.2) is 36.4 Å². The number of halogens is 1. The zero-order valence-electron chi connectivity index (χ0n) is 10.9. The van der Waals surface area contributed by atoms with Gasteiger partial charge >= 0.3 is 0 Å². The van der Waals surface area contributed by atoms with Crippen molar-refractivity contribution in [2.75, 3.05) is 18.5 Å². The average Bonchev–Trinajstić information content (AvgIpc) is 2.45. The summed E-state index contributed by atoms with van der Waals surface area (Å²) in [5, 5.41) is 3.59. The van der Waals surface area contributed by atoms with Gasteiger partial charge in [0.05, 0.1) is 5.52 Å². The van der Waals surface area contributed by atoms with E-state index < -0.39 is 0 Å². The number of benzene rings is 2. The van der Waals surface area contributed by atoms with Gasteiger partial charge in [0.2, 0.25) is 5.28 Å². The first-order chi connectivity index (χ1) is 9.20. The molecule has 96 valence electrons. The summed E-state index contributed by atoms with van der Waals surface area (Å²) < 4.78 is 0. The standard InChI is InChI=1S/C15H14ClN3/c1-3-19(2)14-12-9-8-10-6-4-5-7-11(10)13(12)17-15(16)18-14/h4-9H,3H2,1-2H3. The normalized spacial score (nSPS) is 11.1. The smallest absolute Gasteiger partial charge is 0.224 e. The summed E-state index contributed by atoms with van der Waals surface area (Å²) in [6.07, 6.45) is 0. The zero-order chi connectivity index (χ0) is 13.4. The van der Waals surface area contributed by atoms with Crippen molar-refractivity contribution in [3.8, 4) is 0 Å². The lowest BCUT2D eigenvalue weighted by Gasteiger charge is -2.18. The second kappa shape index (κ2) is 4.67. The van der Waals surface area contributed by atoms with Crippen LogP contribution in [0.4, 0.5) is 5.82 Å². The molecule has 0 saturated carbocycles. The Labute approximate surface area is 116 Å². The average molecular weight is 272 g/mol. The van der Waals surface area contributed by atoms with Crippen LogP contribution < -0.4 is 4.90 Å². The van der Waals surface area contributed by atoms with Crippen LogP contribution in [-0.2, 0) is 0 Å². The number of hydrogen-bond donors (Lipinski definition) is 0. The van der Waals surface area contributed by atoms with Gasteiger partial charge in [-0.3, -0.25) is 0 Å². The molecule has 0 aliphatic rings. The van der Waals surface area contributed by atoms with Gasteiger partial charge in [-0.15, -0.1) is 0 Å². The molecule has 4 heteroatoms. The highest BCUT2D eigenvalue weighted by Gasteiger charge is 2.11. The molecule has 3 aromatic rings. The number of fused-ring (bicyclic) bond motifs is 3. The van der Waals surface area contributed by atoms with E-state index in [2.05, 4.69) is 46.1 Å². The lowest BCUT2D eigenvalue weighted by molar-refractivity contribution is 0.940. The number of anilines is 1. The van der Waals surface area contributed by atoms with Crippen molar-refractivity contribution in [3.63, 3.8) is 0 Å². The van der Waals surface area contributed by atoms with E-state index in [0.717, 1.165) is 34.0 Å².